The maximum absolute atomic E-state index is 4.03. The van der Waals surface area contributed by atoms with Crippen molar-refractivity contribution in [3.8, 4) is 0 Å². The molecule has 1 aromatic heterocycles. The first-order valence-corrected chi connectivity index (χ1v) is 7.43. The van der Waals surface area contributed by atoms with Crippen LogP contribution in [0.3, 0.4) is 0 Å². The topological polar surface area (TPSA) is 31.1 Å². The molecule has 19 heavy (non-hydrogen) atoms. The number of hydrogen-bond donors (Lipinski definition) is 2. The highest BCUT2D eigenvalue weighted by Crippen LogP contribution is 2.31. The Balaban J connectivity index is 2.00. The Labute approximate surface area is 121 Å². The zero-order valence-corrected chi connectivity index (χ0v) is 12.4. The summed E-state index contributed by atoms with van der Waals surface area (Å²) in [6.45, 7) is 8.27. The molecule has 1 fully saturated rings. The van der Waals surface area contributed by atoms with E-state index in [9.17, 15) is 0 Å². The molecule has 2 heterocycles. The van der Waals surface area contributed by atoms with Crippen molar-refractivity contribution in [1.29, 1.82) is 0 Å². The molecule has 1 aliphatic rings. The number of benzene rings is 1. The summed E-state index contributed by atoms with van der Waals surface area (Å²) in [6, 6.07) is 6.64. The van der Waals surface area contributed by atoms with E-state index in [2.05, 4.69) is 68.2 Å². The van der Waals surface area contributed by atoms with Crippen LogP contribution < -0.4 is 5.32 Å². The molecule has 0 radical (unpaired) electrons. The third-order valence-electron chi connectivity index (χ3n) is 3.76. The average molecular weight is 320 g/mol. The second kappa shape index (κ2) is 5.49. The van der Waals surface area contributed by atoms with E-state index >= 15 is 0 Å². The summed E-state index contributed by atoms with van der Waals surface area (Å²) in [7, 11) is 0. The van der Waals surface area contributed by atoms with E-state index in [-0.39, 0.29) is 6.04 Å². The first-order valence-electron chi connectivity index (χ1n) is 6.63. The fourth-order valence-corrected chi connectivity index (χ4v) is 3.15. The van der Waals surface area contributed by atoms with E-state index in [1.807, 2.05) is 0 Å². The van der Waals surface area contributed by atoms with Crippen LogP contribution in [0.25, 0.3) is 10.9 Å². The first-order chi connectivity index (χ1) is 9.29. The number of rotatable bonds is 3. The second-order valence-corrected chi connectivity index (χ2v) is 5.82. The maximum atomic E-state index is 4.03. The predicted molar refractivity (Wildman–Crippen MR) is 83.4 cm³/mol. The van der Waals surface area contributed by atoms with Gasteiger partial charge in [-0.3, -0.25) is 4.90 Å². The number of nitrogens with one attached hydrogen (secondary N) is 2. The molecule has 1 saturated heterocycles. The summed E-state index contributed by atoms with van der Waals surface area (Å²) in [6.07, 6.45) is 4.17. The highest BCUT2D eigenvalue weighted by Gasteiger charge is 2.21. The van der Waals surface area contributed by atoms with Crippen molar-refractivity contribution in [2.75, 3.05) is 26.2 Å². The number of piperazine rings is 1. The Morgan fingerprint density at radius 1 is 1.32 bits per heavy atom. The lowest BCUT2D eigenvalue weighted by Crippen LogP contribution is -2.44. The lowest BCUT2D eigenvalue weighted by atomic mass is 10.0. The molecule has 0 amide bonds. The number of fused-ring (bicyclic) bond motifs is 1. The quantitative estimate of drug-likeness (QED) is 0.852. The Morgan fingerprint density at radius 3 is 2.84 bits per heavy atom. The molecule has 2 aromatic rings. The van der Waals surface area contributed by atoms with Gasteiger partial charge >= 0.3 is 0 Å². The summed E-state index contributed by atoms with van der Waals surface area (Å²) in [4.78, 5) is 5.84. The van der Waals surface area contributed by atoms with Gasteiger partial charge in [0.15, 0.2) is 0 Å². The fraction of sp³-hybridized carbons (Fsp3) is 0.333. The van der Waals surface area contributed by atoms with Crippen molar-refractivity contribution < 1.29 is 0 Å². The van der Waals surface area contributed by atoms with Gasteiger partial charge in [-0.1, -0.05) is 22.0 Å². The van der Waals surface area contributed by atoms with E-state index in [0.717, 1.165) is 30.7 Å². The molecule has 0 saturated carbocycles. The molecule has 0 bridgehead atoms. The van der Waals surface area contributed by atoms with Gasteiger partial charge in [-0.05, 0) is 23.8 Å². The van der Waals surface area contributed by atoms with Crippen LogP contribution >= 0.6 is 15.9 Å². The minimum atomic E-state index is 0.283. The lowest BCUT2D eigenvalue weighted by Gasteiger charge is -2.33. The van der Waals surface area contributed by atoms with Gasteiger partial charge in [-0.2, -0.15) is 0 Å². The number of nitrogens with zero attached hydrogens (tertiary/aromatic N) is 1. The van der Waals surface area contributed by atoms with Gasteiger partial charge in [0.05, 0.1) is 6.04 Å². The molecule has 1 atom stereocenters. The Bertz CT molecular complexity index is 584. The zero-order chi connectivity index (χ0) is 13.2. The summed E-state index contributed by atoms with van der Waals surface area (Å²) < 4.78 is 1.11. The molecule has 0 unspecified atom stereocenters. The van der Waals surface area contributed by atoms with Gasteiger partial charge in [-0.25, -0.2) is 0 Å². The van der Waals surface area contributed by atoms with E-state index in [1.165, 1.54) is 16.5 Å². The van der Waals surface area contributed by atoms with E-state index < -0.39 is 0 Å². The Hall–Kier alpha value is -1.10. The minimum Gasteiger partial charge on any atom is -0.361 e. The highest BCUT2D eigenvalue weighted by atomic mass is 79.9. The van der Waals surface area contributed by atoms with Crippen molar-refractivity contribution in [1.82, 2.24) is 15.2 Å². The normalized spacial score (nSPS) is 18.6. The van der Waals surface area contributed by atoms with Crippen LogP contribution in [0, 0.1) is 0 Å². The SMILES string of the molecule is C=C[C@@H](c1c[nH]c2ccc(Br)cc12)N1CCNCC1. The standard InChI is InChI=1S/C15H18BrN3/c1-2-15(19-7-5-17-6-8-19)13-10-18-14-4-3-11(16)9-12(13)14/h2-4,9-10,15,17-18H,1,5-8H2/t15-/m0/s1. The van der Waals surface area contributed by atoms with Crippen LogP contribution in [0.2, 0.25) is 0 Å². The largest absolute Gasteiger partial charge is 0.361 e. The van der Waals surface area contributed by atoms with Gasteiger partial charge < -0.3 is 10.3 Å². The molecule has 1 aromatic carbocycles. The van der Waals surface area contributed by atoms with Crippen molar-refractivity contribution in [3.05, 3.63) is 47.1 Å². The third kappa shape index (κ3) is 2.48. The summed E-state index contributed by atoms with van der Waals surface area (Å²) in [5, 5.41) is 4.67. The van der Waals surface area contributed by atoms with Crippen molar-refractivity contribution in [2.24, 2.45) is 0 Å². The molecule has 0 spiro atoms. The monoisotopic (exact) mass is 319 g/mol. The zero-order valence-electron chi connectivity index (χ0n) is 10.8. The van der Waals surface area contributed by atoms with Gasteiger partial charge in [-0.15, -0.1) is 6.58 Å². The van der Waals surface area contributed by atoms with Crippen LogP contribution in [0.5, 0.6) is 0 Å². The predicted octanol–water partition coefficient (Wildman–Crippen LogP) is 3.06. The number of aromatic amines is 1. The summed E-state index contributed by atoms with van der Waals surface area (Å²) in [5.74, 6) is 0. The molecular weight excluding hydrogens is 302 g/mol. The Morgan fingerprint density at radius 2 is 2.11 bits per heavy atom. The van der Waals surface area contributed by atoms with Gasteiger partial charge in [0.1, 0.15) is 0 Å². The molecular formula is C15H18BrN3. The molecule has 1 aliphatic heterocycles. The maximum Gasteiger partial charge on any atom is 0.0551 e. The lowest BCUT2D eigenvalue weighted by molar-refractivity contribution is 0.204. The fourth-order valence-electron chi connectivity index (χ4n) is 2.79. The van der Waals surface area contributed by atoms with Crippen LogP contribution in [-0.4, -0.2) is 36.1 Å². The smallest absolute Gasteiger partial charge is 0.0551 e. The molecule has 3 rings (SSSR count). The van der Waals surface area contributed by atoms with E-state index in [1.54, 1.807) is 0 Å². The summed E-state index contributed by atoms with van der Waals surface area (Å²) >= 11 is 3.56. The van der Waals surface area contributed by atoms with Crippen molar-refractivity contribution >= 4 is 26.8 Å². The van der Waals surface area contributed by atoms with E-state index in [0.29, 0.717) is 0 Å². The number of aromatic nitrogens is 1. The average Bonchev–Trinajstić information content (AvgIpc) is 2.84. The van der Waals surface area contributed by atoms with Crippen LogP contribution in [0.4, 0.5) is 0 Å². The van der Waals surface area contributed by atoms with E-state index in [4.69, 9.17) is 0 Å². The molecule has 0 aliphatic carbocycles. The molecule has 2 N–H and O–H groups in total. The third-order valence-corrected chi connectivity index (χ3v) is 4.26. The number of halogens is 1. The highest BCUT2D eigenvalue weighted by molar-refractivity contribution is 9.10. The number of hydrogen-bond acceptors (Lipinski definition) is 2. The molecule has 3 nitrogen and oxygen atoms in total. The second-order valence-electron chi connectivity index (χ2n) is 4.90. The van der Waals surface area contributed by atoms with Gasteiger partial charge in [0.2, 0.25) is 0 Å². The summed E-state index contributed by atoms with van der Waals surface area (Å²) in [5.41, 5.74) is 2.49. The number of H-pyrrole nitrogens is 1. The molecule has 4 heteroatoms. The van der Waals surface area contributed by atoms with Crippen molar-refractivity contribution in [2.45, 2.75) is 6.04 Å². The molecule has 100 valence electrons. The van der Waals surface area contributed by atoms with Crippen molar-refractivity contribution in [3.63, 3.8) is 0 Å². The van der Waals surface area contributed by atoms with Crippen LogP contribution in [0.15, 0.2) is 41.5 Å². The van der Waals surface area contributed by atoms with Crippen LogP contribution in [-0.2, 0) is 0 Å². The first kappa shape index (κ1) is 12.9. The van der Waals surface area contributed by atoms with Gasteiger partial charge in [0, 0.05) is 47.8 Å². The van der Waals surface area contributed by atoms with Crippen LogP contribution in [0.1, 0.15) is 11.6 Å². The van der Waals surface area contributed by atoms with Gasteiger partial charge in [0.25, 0.3) is 0 Å². The Kier molecular flexibility index (Phi) is 3.73. The minimum absolute atomic E-state index is 0.283.